The highest BCUT2D eigenvalue weighted by Crippen LogP contribution is 2.21. The van der Waals surface area contributed by atoms with Gasteiger partial charge >= 0.3 is 5.69 Å². The van der Waals surface area contributed by atoms with Crippen LogP contribution in [0.4, 0.5) is 5.69 Å². The van der Waals surface area contributed by atoms with Crippen LogP contribution in [-0.2, 0) is 18.9 Å². The van der Waals surface area contributed by atoms with Gasteiger partial charge in [-0.3, -0.25) is 13.9 Å². The number of carbonyl (C=O) groups excluding carboxylic acids is 1. The normalized spacial score (nSPS) is 11.2. The lowest BCUT2D eigenvalue weighted by Crippen LogP contribution is -2.19. The summed E-state index contributed by atoms with van der Waals surface area (Å²) in [6, 6.07) is 11.4. The Balaban J connectivity index is 1.47. The number of tetrazole rings is 1. The first-order valence-electron chi connectivity index (χ1n) is 9.29. The van der Waals surface area contributed by atoms with Crippen molar-refractivity contribution in [3.8, 4) is 5.69 Å². The maximum atomic E-state index is 12.5. The Morgan fingerprint density at radius 2 is 1.80 bits per heavy atom. The van der Waals surface area contributed by atoms with Gasteiger partial charge in [0.1, 0.15) is 0 Å². The van der Waals surface area contributed by atoms with E-state index in [0.717, 1.165) is 22.3 Å². The molecule has 0 unspecified atom stereocenters. The first-order chi connectivity index (χ1) is 14.3. The molecule has 1 N–H and O–H groups in total. The number of nitrogens with one attached hydrogen (secondary N) is 1. The molecule has 4 rings (SSSR count). The van der Waals surface area contributed by atoms with Crippen LogP contribution in [0.1, 0.15) is 11.1 Å². The summed E-state index contributed by atoms with van der Waals surface area (Å²) in [4.78, 5) is 24.5. The number of amides is 1. The molecule has 0 bridgehead atoms. The Kier molecular flexibility index (Phi) is 5.17. The van der Waals surface area contributed by atoms with Gasteiger partial charge in [-0.05, 0) is 65.7 Å². The minimum Gasteiger partial charge on any atom is -0.325 e. The van der Waals surface area contributed by atoms with Crippen LogP contribution in [0.25, 0.3) is 16.7 Å². The zero-order chi connectivity index (χ0) is 21.4. The van der Waals surface area contributed by atoms with Crippen molar-refractivity contribution in [2.24, 2.45) is 14.1 Å². The van der Waals surface area contributed by atoms with E-state index < -0.39 is 0 Å². The van der Waals surface area contributed by atoms with E-state index >= 15 is 0 Å². The van der Waals surface area contributed by atoms with Gasteiger partial charge in [0.05, 0.1) is 22.5 Å². The lowest BCUT2D eigenvalue weighted by Gasteiger charge is -2.08. The average molecular weight is 424 g/mol. The van der Waals surface area contributed by atoms with E-state index in [0.29, 0.717) is 10.8 Å². The van der Waals surface area contributed by atoms with Crippen LogP contribution in [0.15, 0.2) is 46.3 Å². The SMILES string of the molecule is Cc1ccc(-n2nnnc2SCC(=O)Nc2ccc3c(c2)n(C)c(=O)n3C)cc1C. The molecule has 0 saturated carbocycles. The highest BCUT2D eigenvalue weighted by atomic mass is 32.2. The van der Waals surface area contributed by atoms with Crippen LogP contribution in [0.3, 0.4) is 0 Å². The summed E-state index contributed by atoms with van der Waals surface area (Å²) in [5, 5.41) is 15.2. The second-order valence-electron chi connectivity index (χ2n) is 7.08. The van der Waals surface area contributed by atoms with E-state index in [-0.39, 0.29) is 17.3 Å². The summed E-state index contributed by atoms with van der Waals surface area (Å²) in [6.07, 6.45) is 0. The van der Waals surface area contributed by atoms with E-state index in [1.165, 1.54) is 17.3 Å². The maximum Gasteiger partial charge on any atom is 0.328 e. The van der Waals surface area contributed by atoms with Gasteiger partial charge in [-0.25, -0.2) is 4.79 Å². The van der Waals surface area contributed by atoms with E-state index in [4.69, 9.17) is 0 Å². The molecule has 0 aliphatic rings. The van der Waals surface area contributed by atoms with Gasteiger partial charge in [0.2, 0.25) is 11.1 Å². The van der Waals surface area contributed by atoms with Gasteiger partial charge in [0.15, 0.2) is 0 Å². The number of thioether (sulfide) groups is 1. The Labute approximate surface area is 176 Å². The number of nitrogens with zero attached hydrogens (tertiary/aromatic N) is 6. The molecule has 0 saturated heterocycles. The topological polar surface area (TPSA) is 99.6 Å². The van der Waals surface area contributed by atoms with Crippen molar-refractivity contribution in [3.63, 3.8) is 0 Å². The molecule has 10 heteroatoms. The second-order valence-corrected chi connectivity index (χ2v) is 8.03. The molecular formula is C20H21N7O2S. The van der Waals surface area contributed by atoms with Crippen molar-refractivity contribution in [1.82, 2.24) is 29.3 Å². The number of rotatable bonds is 5. The molecule has 2 heterocycles. The lowest BCUT2D eigenvalue weighted by atomic mass is 10.1. The first kappa shape index (κ1) is 19.9. The van der Waals surface area contributed by atoms with Crippen LogP contribution in [0.5, 0.6) is 0 Å². The van der Waals surface area contributed by atoms with E-state index in [2.05, 4.69) is 20.8 Å². The Morgan fingerprint density at radius 3 is 2.57 bits per heavy atom. The molecule has 1 amide bonds. The molecule has 0 spiro atoms. The zero-order valence-electron chi connectivity index (χ0n) is 17.1. The fraction of sp³-hybridized carbons (Fsp3) is 0.250. The largest absolute Gasteiger partial charge is 0.328 e. The minimum atomic E-state index is -0.185. The molecule has 30 heavy (non-hydrogen) atoms. The van der Waals surface area contributed by atoms with E-state index in [9.17, 15) is 9.59 Å². The smallest absolute Gasteiger partial charge is 0.325 e. The molecule has 0 atom stereocenters. The average Bonchev–Trinajstić information content (AvgIpc) is 3.28. The molecule has 2 aromatic carbocycles. The third kappa shape index (κ3) is 3.61. The minimum absolute atomic E-state index is 0.109. The summed E-state index contributed by atoms with van der Waals surface area (Å²) >= 11 is 1.25. The zero-order valence-corrected chi connectivity index (χ0v) is 17.9. The van der Waals surface area contributed by atoms with E-state index in [1.807, 2.05) is 38.1 Å². The number of anilines is 1. The molecule has 2 aromatic heterocycles. The van der Waals surface area contributed by atoms with Crippen molar-refractivity contribution >= 4 is 34.4 Å². The van der Waals surface area contributed by atoms with Crippen LogP contribution in [0, 0.1) is 13.8 Å². The molecule has 0 radical (unpaired) electrons. The van der Waals surface area contributed by atoms with E-state index in [1.54, 1.807) is 40.0 Å². The van der Waals surface area contributed by atoms with Gasteiger partial charge in [-0.1, -0.05) is 17.8 Å². The van der Waals surface area contributed by atoms with Crippen molar-refractivity contribution in [2.75, 3.05) is 11.1 Å². The molecule has 9 nitrogen and oxygen atoms in total. The standard InChI is InChI=1S/C20H21N7O2S/c1-12-5-7-15(9-13(12)2)27-19(22-23-24-27)30-11-18(28)21-14-6-8-16-17(10-14)26(4)20(29)25(16)3/h5-10H,11H2,1-4H3,(H,21,28). The van der Waals surface area contributed by atoms with Crippen LogP contribution in [-0.4, -0.2) is 41.0 Å². The Bertz CT molecular complexity index is 1320. The highest BCUT2D eigenvalue weighted by molar-refractivity contribution is 7.99. The lowest BCUT2D eigenvalue weighted by molar-refractivity contribution is -0.113. The van der Waals surface area contributed by atoms with Gasteiger partial charge in [0, 0.05) is 19.8 Å². The number of hydrogen-bond donors (Lipinski definition) is 1. The van der Waals surface area contributed by atoms with Crippen LogP contribution >= 0.6 is 11.8 Å². The number of aromatic nitrogens is 6. The third-order valence-corrected chi connectivity index (χ3v) is 5.98. The summed E-state index contributed by atoms with van der Waals surface area (Å²) < 4.78 is 4.75. The Hall–Kier alpha value is -3.40. The van der Waals surface area contributed by atoms with Crippen molar-refractivity contribution in [3.05, 3.63) is 58.0 Å². The summed E-state index contributed by atoms with van der Waals surface area (Å²) in [5.74, 6) is -0.0355. The van der Waals surface area contributed by atoms with Gasteiger partial charge in [0.25, 0.3) is 0 Å². The maximum absolute atomic E-state index is 12.5. The number of hydrogen-bond acceptors (Lipinski definition) is 6. The summed E-state index contributed by atoms with van der Waals surface area (Å²) in [7, 11) is 3.43. The number of carbonyl (C=O) groups is 1. The Morgan fingerprint density at radius 1 is 1.03 bits per heavy atom. The van der Waals surface area contributed by atoms with Crippen molar-refractivity contribution < 1.29 is 4.79 Å². The quantitative estimate of drug-likeness (QED) is 0.494. The molecule has 0 aliphatic carbocycles. The first-order valence-corrected chi connectivity index (χ1v) is 10.3. The van der Waals surface area contributed by atoms with Gasteiger partial charge < -0.3 is 5.32 Å². The van der Waals surface area contributed by atoms with Crippen molar-refractivity contribution in [2.45, 2.75) is 19.0 Å². The number of imidazole rings is 1. The van der Waals surface area contributed by atoms with Crippen LogP contribution in [0.2, 0.25) is 0 Å². The van der Waals surface area contributed by atoms with Crippen LogP contribution < -0.4 is 11.0 Å². The van der Waals surface area contributed by atoms with Crippen molar-refractivity contribution in [1.29, 1.82) is 0 Å². The number of benzene rings is 2. The summed E-state index contributed by atoms with van der Waals surface area (Å²) in [6.45, 7) is 4.08. The third-order valence-electron chi connectivity index (χ3n) is 5.06. The molecule has 0 aliphatic heterocycles. The monoisotopic (exact) mass is 423 g/mol. The van der Waals surface area contributed by atoms with Gasteiger partial charge in [-0.2, -0.15) is 4.68 Å². The highest BCUT2D eigenvalue weighted by Gasteiger charge is 2.13. The molecule has 154 valence electrons. The predicted molar refractivity (Wildman–Crippen MR) is 116 cm³/mol. The second kappa shape index (κ2) is 7.79. The molecular weight excluding hydrogens is 402 g/mol. The fourth-order valence-electron chi connectivity index (χ4n) is 3.20. The number of fused-ring (bicyclic) bond motifs is 1. The molecule has 0 fully saturated rings. The molecule has 4 aromatic rings. The fourth-order valence-corrected chi connectivity index (χ4v) is 3.89. The predicted octanol–water partition coefficient (Wildman–Crippen LogP) is 2.20. The number of aryl methyl sites for hydroxylation is 4. The van der Waals surface area contributed by atoms with Gasteiger partial charge in [-0.15, -0.1) is 5.10 Å². The summed E-state index contributed by atoms with van der Waals surface area (Å²) in [5.41, 5.74) is 5.26.